The van der Waals surface area contributed by atoms with E-state index in [-0.39, 0.29) is 0 Å². The number of nitrogens with one attached hydrogen (secondary N) is 1. The fourth-order valence-corrected chi connectivity index (χ4v) is 2.72. The fraction of sp³-hybridized carbons (Fsp3) is 0.467. The van der Waals surface area contributed by atoms with Gasteiger partial charge in [0.05, 0.1) is 5.69 Å². The van der Waals surface area contributed by atoms with Crippen LogP contribution in [0.15, 0.2) is 34.9 Å². The van der Waals surface area contributed by atoms with Gasteiger partial charge in [-0.25, -0.2) is 0 Å². The first-order chi connectivity index (χ1) is 8.84. The summed E-state index contributed by atoms with van der Waals surface area (Å²) < 4.78 is 5.59. The highest BCUT2D eigenvalue weighted by molar-refractivity contribution is 5.90. The number of hydrogen-bond donors (Lipinski definition) is 1. The summed E-state index contributed by atoms with van der Waals surface area (Å²) in [5.41, 5.74) is 2.18. The third-order valence-corrected chi connectivity index (χ3v) is 3.91. The molecule has 1 saturated heterocycles. The molecule has 3 nitrogen and oxygen atoms in total. The first-order valence-corrected chi connectivity index (χ1v) is 6.72. The Morgan fingerprint density at radius 2 is 2.28 bits per heavy atom. The van der Waals surface area contributed by atoms with Gasteiger partial charge in [-0.3, -0.25) is 0 Å². The van der Waals surface area contributed by atoms with Gasteiger partial charge in [-0.2, -0.15) is 0 Å². The third kappa shape index (κ3) is 2.23. The fourth-order valence-electron chi connectivity index (χ4n) is 2.72. The van der Waals surface area contributed by atoms with E-state index in [4.69, 9.17) is 4.42 Å². The van der Waals surface area contributed by atoms with Crippen molar-refractivity contribution in [2.24, 2.45) is 5.92 Å². The van der Waals surface area contributed by atoms with Gasteiger partial charge in [0, 0.05) is 19.0 Å². The van der Waals surface area contributed by atoms with E-state index in [1.165, 1.54) is 37.0 Å². The van der Waals surface area contributed by atoms with Gasteiger partial charge in [0.1, 0.15) is 11.8 Å². The third-order valence-electron chi connectivity index (χ3n) is 3.91. The minimum absolute atomic E-state index is 0.839. The van der Waals surface area contributed by atoms with Crippen molar-refractivity contribution in [1.82, 2.24) is 5.32 Å². The van der Waals surface area contributed by atoms with E-state index in [2.05, 4.69) is 29.4 Å². The van der Waals surface area contributed by atoms with Crippen LogP contribution in [0.1, 0.15) is 12.8 Å². The van der Waals surface area contributed by atoms with E-state index in [0.717, 1.165) is 18.0 Å². The molecule has 0 radical (unpaired) electrons. The Bertz CT molecular complexity index is 514. The molecule has 1 aromatic heterocycles. The SMILES string of the molecule is CN(CCC1CCNC1)c1coc2ccccc12. The van der Waals surface area contributed by atoms with Crippen molar-refractivity contribution >= 4 is 16.7 Å². The zero-order valence-corrected chi connectivity index (χ0v) is 10.9. The average Bonchev–Trinajstić information content (AvgIpc) is 3.05. The number of furan rings is 1. The predicted molar refractivity (Wildman–Crippen MR) is 75.1 cm³/mol. The molecule has 3 rings (SSSR count). The van der Waals surface area contributed by atoms with Gasteiger partial charge in [0.15, 0.2) is 0 Å². The summed E-state index contributed by atoms with van der Waals surface area (Å²) in [6.07, 6.45) is 4.44. The molecule has 1 aromatic carbocycles. The molecule has 0 amide bonds. The average molecular weight is 244 g/mol. The predicted octanol–water partition coefficient (Wildman–Crippen LogP) is 2.87. The molecule has 0 bridgehead atoms. The highest BCUT2D eigenvalue weighted by Crippen LogP contribution is 2.28. The van der Waals surface area contributed by atoms with Crippen molar-refractivity contribution in [1.29, 1.82) is 0 Å². The van der Waals surface area contributed by atoms with Gasteiger partial charge in [-0.1, -0.05) is 12.1 Å². The van der Waals surface area contributed by atoms with Crippen molar-refractivity contribution in [2.75, 3.05) is 31.6 Å². The van der Waals surface area contributed by atoms with Crippen LogP contribution in [0.5, 0.6) is 0 Å². The molecule has 1 fully saturated rings. The molecule has 1 unspecified atom stereocenters. The largest absolute Gasteiger partial charge is 0.462 e. The zero-order valence-electron chi connectivity index (χ0n) is 10.9. The molecule has 1 N–H and O–H groups in total. The van der Waals surface area contributed by atoms with Crippen LogP contribution >= 0.6 is 0 Å². The number of nitrogens with zero attached hydrogens (tertiary/aromatic N) is 1. The summed E-state index contributed by atoms with van der Waals surface area (Å²) in [7, 11) is 2.15. The quantitative estimate of drug-likeness (QED) is 0.896. The Hall–Kier alpha value is -1.48. The molecule has 1 aliphatic heterocycles. The van der Waals surface area contributed by atoms with E-state index in [1.54, 1.807) is 0 Å². The normalized spacial score (nSPS) is 19.5. The maximum Gasteiger partial charge on any atom is 0.136 e. The number of hydrogen-bond acceptors (Lipinski definition) is 3. The minimum Gasteiger partial charge on any atom is -0.462 e. The lowest BCUT2D eigenvalue weighted by molar-refractivity contribution is 0.532. The summed E-state index contributed by atoms with van der Waals surface area (Å²) in [6, 6.07) is 8.23. The van der Waals surface area contributed by atoms with Gasteiger partial charge >= 0.3 is 0 Å². The van der Waals surface area contributed by atoms with E-state index in [1.807, 2.05) is 18.4 Å². The molecular weight excluding hydrogens is 224 g/mol. The van der Waals surface area contributed by atoms with Crippen molar-refractivity contribution in [3.8, 4) is 0 Å². The smallest absolute Gasteiger partial charge is 0.136 e. The van der Waals surface area contributed by atoms with Gasteiger partial charge in [-0.05, 0) is 44.0 Å². The van der Waals surface area contributed by atoms with Crippen LogP contribution < -0.4 is 10.2 Å². The summed E-state index contributed by atoms with van der Waals surface area (Å²) in [5.74, 6) is 0.839. The van der Waals surface area contributed by atoms with Gasteiger partial charge in [0.25, 0.3) is 0 Å². The summed E-state index contributed by atoms with van der Waals surface area (Å²) >= 11 is 0. The Morgan fingerprint density at radius 1 is 1.39 bits per heavy atom. The molecule has 0 saturated carbocycles. The Balaban J connectivity index is 1.69. The van der Waals surface area contributed by atoms with Gasteiger partial charge in [0.2, 0.25) is 0 Å². The molecular formula is C15H20N2O. The lowest BCUT2D eigenvalue weighted by Crippen LogP contribution is -2.21. The molecule has 18 heavy (non-hydrogen) atoms. The van der Waals surface area contributed by atoms with E-state index >= 15 is 0 Å². The first-order valence-electron chi connectivity index (χ1n) is 6.72. The summed E-state index contributed by atoms with van der Waals surface area (Å²) in [6.45, 7) is 3.46. The lowest BCUT2D eigenvalue weighted by Gasteiger charge is -2.19. The Kier molecular flexibility index (Phi) is 3.24. The number of para-hydroxylation sites is 1. The van der Waals surface area contributed by atoms with Gasteiger partial charge < -0.3 is 14.6 Å². The van der Waals surface area contributed by atoms with Crippen LogP contribution in [0.2, 0.25) is 0 Å². The van der Waals surface area contributed by atoms with Crippen LogP contribution in [0, 0.1) is 5.92 Å². The number of anilines is 1. The lowest BCUT2D eigenvalue weighted by atomic mass is 10.0. The molecule has 0 aliphatic carbocycles. The zero-order chi connectivity index (χ0) is 12.4. The molecule has 1 atom stereocenters. The van der Waals surface area contributed by atoms with Crippen LogP contribution in [0.3, 0.4) is 0 Å². The number of benzene rings is 1. The van der Waals surface area contributed by atoms with Crippen LogP contribution in [0.25, 0.3) is 11.0 Å². The maximum absolute atomic E-state index is 5.59. The van der Waals surface area contributed by atoms with Crippen molar-refractivity contribution in [3.63, 3.8) is 0 Å². The van der Waals surface area contributed by atoms with Crippen molar-refractivity contribution in [2.45, 2.75) is 12.8 Å². The number of fused-ring (bicyclic) bond motifs is 1. The first kappa shape index (κ1) is 11.6. The van der Waals surface area contributed by atoms with Crippen LogP contribution in [0.4, 0.5) is 5.69 Å². The second-order valence-electron chi connectivity index (χ2n) is 5.19. The Morgan fingerprint density at radius 3 is 3.11 bits per heavy atom. The van der Waals surface area contributed by atoms with Crippen LogP contribution in [-0.4, -0.2) is 26.7 Å². The monoisotopic (exact) mass is 244 g/mol. The maximum atomic E-state index is 5.59. The standard InChI is InChI=1S/C15H20N2O/c1-17(9-7-12-6-8-16-10-12)14-11-18-15-5-3-2-4-13(14)15/h2-5,11-12,16H,6-10H2,1H3. The second-order valence-corrected chi connectivity index (χ2v) is 5.19. The molecule has 0 spiro atoms. The Labute approximate surface area is 108 Å². The van der Waals surface area contributed by atoms with Crippen LogP contribution in [-0.2, 0) is 0 Å². The molecule has 2 heterocycles. The molecule has 96 valence electrons. The van der Waals surface area contributed by atoms with Crippen molar-refractivity contribution in [3.05, 3.63) is 30.5 Å². The van der Waals surface area contributed by atoms with Crippen molar-refractivity contribution < 1.29 is 4.42 Å². The number of rotatable bonds is 4. The highest BCUT2D eigenvalue weighted by atomic mass is 16.3. The summed E-state index contributed by atoms with van der Waals surface area (Å²) in [5, 5.41) is 4.64. The molecule has 1 aliphatic rings. The van der Waals surface area contributed by atoms with E-state index in [0.29, 0.717) is 0 Å². The van der Waals surface area contributed by atoms with E-state index < -0.39 is 0 Å². The molecule has 3 heteroatoms. The topological polar surface area (TPSA) is 28.4 Å². The van der Waals surface area contributed by atoms with Gasteiger partial charge in [-0.15, -0.1) is 0 Å². The van der Waals surface area contributed by atoms with E-state index in [9.17, 15) is 0 Å². The molecule has 2 aromatic rings. The minimum atomic E-state index is 0.839. The summed E-state index contributed by atoms with van der Waals surface area (Å²) in [4.78, 5) is 2.31. The second kappa shape index (κ2) is 5.02. The highest BCUT2D eigenvalue weighted by Gasteiger charge is 2.16.